The van der Waals surface area contributed by atoms with Crippen LogP contribution in [0.5, 0.6) is 0 Å². The van der Waals surface area contributed by atoms with E-state index in [1.165, 1.54) is 0 Å². The van der Waals surface area contributed by atoms with E-state index in [0.29, 0.717) is 0 Å². The molecule has 0 amide bonds. The summed E-state index contributed by atoms with van der Waals surface area (Å²) in [5.74, 6) is 0.819. The number of pyridine rings is 1. The van der Waals surface area contributed by atoms with Gasteiger partial charge < -0.3 is 4.52 Å². The van der Waals surface area contributed by atoms with Gasteiger partial charge in [0.1, 0.15) is 5.76 Å². The number of aromatic nitrogens is 3. The van der Waals surface area contributed by atoms with Gasteiger partial charge in [0.2, 0.25) is 0 Å². The van der Waals surface area contributed by atoms with Gasteiger partial charge in [0.15, 0.2) is 0 Å². The van der Waals surface area contributed by atoms with Crippen molar-refractivity contribution < 1.29 is 4.52 Å². The number of hydrogen-bond donors (Lipinski definition) is 0. The molecule has 4 aromatic rings. The van der Waals surface area contributed by atoms with E-state index in [-0.39, 0.29) is 0 Å². The Bertz CT molecular complexity index is 964. The Hall–Kier alpha value is -2.33. The molecule has 104 valence electrons. The maximum atomic E-state index is 6.39. The molecule has 3 aromatic heterocycles. The lowest BCUT2D eigenvalue weighted by molar-refractivity contribution is 0.393. The van der Waals surface area contributed by atoms with E-state index in [4.69, 9.17) is 16.3 Å². The van der Waals surface area contributed by atoms with Crippen LogP contribution in [0.3, 0.4) is 0 Å². The van der Waals surface area contributed by atoms with Crippen LogP contribution in [0, 0.1) is 13.8 Å². The minimum Gasteiger partial charge on any atom is -0.361 e. The first-order valence-electron chi connectivity index (χ1n) is 6.64. The third kappa shape index (κ3) is 1.69. The molecule has 21 heavy (non-hydrogen) atoms. The van der Waals surface area contributed by atoms with E-state index < -0.39 is 0 Å². The first kappa shape index (κ1) is 12.4. The molecular weight excluding hydrogens is 286 g/mol. The third-order valence-electron chi connectivity index (χ3n) is 3.83. The van der Waals surface area contributed by atoms with Gasteiger partial charge in [0.25, 0.3) is 0 Å². The van der Waals surface area contributed by atoms with E-state index in [9.17, 15) is 0 Å². The zero-order valence-electron chi connectivity index (χ0n) is 11.6. The molecule has 4 rings (SSSR count). The van der Waals surface area contributed by atoms with Crippen LogP contribution in [-0.4, -0.2) is 14.2 Å². The molecule has 5 heteroatoms. The summed E-state index contributed by atoms with van der Waals surface area (Å²) in [4.78, 5) is 4.20. The largest absolute Gasteiger partial charge is 0.361 e. The number of fused-ring (bicyclic) bond motifs is 3. The zero-order valence-corrected chi connectivity index (χ0v) is 12.3. The average molecular weight is 298 g/mol. The monoisotopic (exact) mass is 297 g/mol. The highest BCUT2D eigenvalue weighted by molar-refractivity contribution is 6.26. The maximum Gasteiger partial charge on any atom is 0.141 e. The summed E-state index contributed by atoms with van der Waals surface area (Å²) in [6, 6.07) is 8.09. The van der Waals surface area contributed by atoms with Crippen LogP contribution < -0.4 is 0 Å². The minimum atomic E-state index is 0.819. The Kier molecular flexibility index (Phi) is 2.56. The lowest BCUT2D eigenvalue weighted by atomic mass is 10.0. The highest BCUT2D eigenvalue weighted by Gasteiger charge is 2.15. The number of benzene rings is 1. The number of halogens is 1. The second-order valence-corrected chi connectivity index (χ2v) is 5.44. The fourth-order valence-corrected chi connectivity index (χ4v) is 3.16. The summed E-state index contributed by atoms with van der Waals surface area (Å²) in [6.45, 7) is 3.87. The van der Waals surface area contributed by atoms with Crippen LogP contribution >= 0.6 is 11.8 Å². The Balaban J connectivity index is 2.09. The van der Waals surface area contributed by atoms with Gasteiger partial charge in [0, 0.05) is 40.5 Å². The molecule has 0 radical (unpaired) electrons. The van der Waals surface area contributed by atoms with Crippen molar-refractivity contribution in [1.29, 1.82) is 0 Å². The van der Waals surface area contributed by atoms with Crippen LogP contribution in [0.2, 0.25) is 0 Å². The summed E-state index contributed by atoms with van der Waals surface area (Å²) in [7, 11) is 0. The van der Waals surface area contributed by atoms with Crippen molar-refractivity contribution in [3.8, 4) is 11.1 Å². The normalized spacial score (nSPS) is 11.6. The van der Waals surface area contributed by atoms with Crippen molar-refractivity contribution in [1.82, 2.24) is 14.2 Å². The highest BCUT2D eigenvalue weighted by Crippen LogP contribution is 2.34. The molecule has 0 atom stereocenters. The molecule has 0 unspecified atom stereocenters. The molecule has 3 heterocycles. The van der Waals surface area contributed by atoms with Gasteiger partial charge in [-0.3, -0.25) is 9.07 Å². The quantitative estimate of drug-likeness (QED) is 0.521. The molecule has 0 saturated carbocycles. The average Bonchev–Trinajstić information content (AvgIpc) is 2.98. The van der Waals surface area contributed by atoms with Crippen LogP contribution in [0.25, 0.3) is 32.9 Å². The van der Waals surface area contributed by atoms with Gasteiger partial charge in [0.05, 0.1) is 16.7 Å². The second kappa shape index (κ2) is 4.33. The Morgan fingerprint density at radius 2 is 1.90 bits per heavy atom. The first-order valence-corrected chi connectivity index (χ1v) is 6.98. The fraction of sp³-hybridized carbons (Fsp3) is 0.125. The van der Waals surface area contributed by atoms with E-state index in [1.54, 1.807) is 10.3 Å². The SMILES string of the molecule is Cc1noc(C)c1-c1ccc2c(c1)c1cnccc1n2Cl. The van der Waals surface area contributed by atoms with Crippen molar-refractivity contribution in [3.05, 3.63) is 48.1 Å². The van der Waals surface area contributed by atoms with Crippen molar-refractivity contribution >= 4 is 33.6 Å². The van der Waals surface area contributed by atoms with E-state index >= 15 is 0 Å². The Morgan fingerprint density at radius 3 is 2.67 bits per heavy atom. The Morgan fingerprint density at radius 1 is 1.10 bits per heavy atom. The Labute approximate surface area is 126 Å². The summed E-state index contributed by atoms with van der Waals surface area (Å²) in [6.07, 6.45) is 3.59. The molecule has 0 spiro atoms. The zero-order chi connectivity index (χ0) is 14.6. The summed E-state index contributed by atoms with van der Waals surface area (Å²) < 4.78 is 6.93. The van der Waals surface area contributed by atoms with Gasteiger partial charge in [-0.05, 0) is 37.6 Å². The van der Waals surface area contributed by atoms with E-state index in [2.05, 4.69) is 16.2 Å². The predicted molar refractivity (Wildman–Crippen MR) is 83.5 cm³/mol. The third-order valence-corrected chi connectivity index (χ3v) is 4.19. The number of hydrogen-bond acceptors (Lipinski definition) is 3. The maximum absolute atomic E-state index is 6.39. The van der Waals surface area contributed by atoms with Crippen LogP contribution in [-0.2, 0) is 0 Å². The lowest BCUT2D eigenvalue weighted by Gasteiger charge is -2.01. The molecule has 1 aromatic carbocycles. The molecule has 0 aliphatic carbocycles. The lowest BCUT2D eigenvalue weighted by Crippen LogP contribution is -1.83. The van der Waals surface area contributed by atoms with Gasteiger partial charge in [-0.1, -0.05) is 11.2 Å². The van der Waals surface area contributed by atoms with Crippen molar-refractivity contribution in [2.75, 3.05) is 0 Å². The highest BCUT2D eigenvalue weighted by atomic mass is 35.5. The molecule has 0 fully saturated rings. The van der Waals surface area contributed by atoms with Crippen LogP contribution in [0.4, 0.5) is 0 Å². The summed E-state index contributed by atoms with van der Waals surface area (Å²) >= 11 is 6.39. The van der Waals surface area contributed by atoms with E-state index in [0.717, 1.165) is 44.4 Å². The number of nitrogens with zero attached hydrogens (tertiary/aromatic N) is 3. The number of aryl methyl sites for hydroxylation is 2. The van der Waals surface area contributed by atoms with Gasteiger partial charge in [-0.25, -0.2) is 0 Å². The molecule has 4 nitrogen and oxygen atoms in total. The molecule has 0 aliphatic rings. The minimum absolute atomic E-state index is 0.819. The van der Waals surface area contributed by atoms with Gasteiger partial charge in [-0.15, -0.1) is 0 Å². The molecule has 0 bridgehead atoms. The summed E-state index contributed by atoms with van der Waals surface area (Å²) in [5, 5.41) is 6.13. The van der Waals surface area contributed by atoms with Crippen molar-refractivity contribution in [2.45, 2.75) is 13.8 Å². The second-order valence-electron chi connectivity index (χ2n) is 5.10. The molecule has 0 aliphatic heterocycles. The summed E-state index contributed by atoms with van der Waals surface area (Å²) in [5.41, 5.74) is 4.93. The topological polar surface area (TPSA) is 43.9 Å². The standard InChI is InChI=1S/C16H12ClN3O/c1-9-16(10(2)21-19-9)11-3-4-14-12(7-11)13-8-18-6-5-15(13)20(14)17/h3-8H,1-2H3. The predicted octanol–water partition coefficient (Wildman–Crippen LogP) is 4.46. The van der Waals surface area contributed by atoms with Crippen molar-refractivity contribution in [3.63, 3.8) is 0 Å². The van der Waals surface area contributed by atoms with E-state index in [1.807, 2.05) is 38.2 Å². The fourth-order valence-electron chi connectivity index (χ4n) is 2.87. The van der Waals surface area contributed by atoms with Crippen LogP contribution in [0.15, 0.2) is 41.2 Å². The van der Waals surface area contributed by atoms with Crippen LogP contribution in [0.1, 0.15) is 11.5 Å². The number of rotatable bonds is 1. The van der Waals surface area contributed by atoms with Gasteiger partial charge >= 0.3 is 0 Å². The first-order chi connectivity index (χ1) is 10.2. The molecular formula is C16H12ClN3O. The molecule has 0 saturated heterocycles. The van der Waals surface area contributed by atoms with Gasteiger partial charge in [-0.2, -0.15) is 0 Å². The smallest absolute Gasteiger partial charge is 0.141 e. The van der Waals surface area contributed by atoms with Crippen molar-refractivity contribution in [2.24, 2.45) is 0 Å². The molecule has 0 N–H and O–H groups in total.